The molecule has 2 bridgehead atoms. The number of hydrogen-bond acceptors (Lipinski definition) is 5. The third kappa shape index (κ3) is 2.24. The second-order valence-electron chi connectivity index (χ2n) is 6.97. The first-order valence-corrected chi connectivity index (χ1v) is 8.65. The van der Waals surface area contributed by atoms with Crippen LogP contribution in [0, 0.1) is 11.8 Å². The summed E-state index contributed by atoms with van der Waals surface area (Å²) >= 11 is 0. The number of likely N-dealkylation sites (tertiary alicyclic amines) is 1. The molecule has 7 nitrogen and oxygen atoms in total. The lowest BCUT2D eigenvalue weighted by Crippen LogP contribution is -2.43. The average molecular weight is 354 g/mol. The molecule has 3 aliphatic heterocycles. The Morgan fingerprint density at radius 2 is 2.00 bits per heavy atom. The highest BCUT2D eigenvalue weighted by molar-refractivity contribution is 5.92. The zero-order valence-electron chi connectivity index (χ0n) is 14.0. The summed E-state index contributed by atoms with van der Waals surface area (Å²) in [5, 5.41) is 2.87. The molecule has 2 aromatic rings. The smallest absolute Gasteiger partial charge is 0.230 e. The van der Waals surface area contributed by atoms with Crippen molar-refractivity contribution in [2.75, 3.05) is 6.54 Å². The molecule has 134 valence electrons. The SMILES string of the molecule is O=C(NCc1ccco1)C1C2C=C[C@]3(CN(Cc4ccco4)C(=O)C13)O2. The molecule has 3 aliphatic rings. The van der Waals surface area contributed by atoms with Gasteiger partial charge in [0.25, 0.3) is 0 Å². The van der Waals surface area contributed by atoms with E-state index in [1.54, 1.807) is 35.6 Å². The first-order chi connectivity index (χ1) is 12.7. The van der Waals surface area contributed by atoms with E-state index >= 15 is 0 Å². The van der Waals surface area contributed by atoms with E-state index in [2.05, 4.69) is 5.32 Å². The lowest BCUT2D eigenvalue weighted by Gasteiger charge is -2.23. The van der Waals surface area contributed by atoms with Gasteiger partial charge in [-0.2, -0.15) is 0 Å². The van der Waals surface area contributed by atoms with Crippen LogP contribution < -0.4 is 5.32 Å². The van der Waals surface area contributed by atoms with Crippen molar-refractivity contribution in [1.29, 1.82) is 0 Å². The van der Waals surface area contributed by atoms with Gasteiger partial charge in [0.1, 0.15) is 17.1 Å². The maximum atomic E-state index is 13.0. The Bertz CT molecular complexity index is 857. The molecule has 7 heteroatoms. The van der Waals surface area contributed by atoms with Gasteiger partial charge in [0.05, 0.1) is 50.1 Å². The lowest BCUT2D eigenvalue weighted by molar-refractivity contribution is -0.138. The van der Waals surface area contributed by atoms with Gasteiger partial charge in [-0.3, -0.25) is 9.59 Å². The van der Waals surface area contributed by atoms with Gasteiger partial charge >= 0.3 is 0 Å². The predicted octanol–water partition coefficient (Wildman–Crippen LogP) is 1.47. The molecule has 2 fully saturated rings. The van der Waals surface area contributed by atoms with E-state index in [0.717, 1.165) is 0 Å². The van der Waals surface area contributed by atoms with Crippen molar-refractivity contribution in [2.45, 2.75) is 24.8 Å². The number of nitrogens with one attached hydrogen (secondary N) is 1. The van der Waals surface area contributed by atoms with Crippen LogP contribution in [0.25, 0.3) is 0 Å². The molecule has 2 amide bonds. The molecule has 5 heterocycles. The highest BCUT2D eigenvalue weighted by Gasteiger charge is 2.66. The zero-order valence-corrected chi connectivity index (χ0v) is 14.0. The Kier molecular flexibility index (Phi) is 3.33. The molecule has 0 radical (unpaired) electrons. The number of fused-ring (bicyclic) bond motifs is 1. The summed E-state index contributed by atoms with van der Waals surface area (Å²) in [6.45, 7) is 1.11. The van der Waals surface area contributed by atoms with Gasteiger partial charge in [-0.05, 0) is 24.3 Å². The second kappa shape index (κ2) is 5.60. The second-order valence-corrected chi connectivity index (χ2v) is 6.97. The van der Waals surface area contributed by atoms with Crippen LogP contribution in [-0.2, 0) is 27.4 Å². The maximum absolute atomic E-state index is 13.0. The molecule has 2 aromatic heterocycles. The molecule has 0 saturated carbocycles. The van der Waals surface area contributed by atoms with E-state index in [9.17, 15) is 9.59 Å². The van der Waals surface area contributed by atoms with Gasteiger partial charge in [-0.15, -0.1) is 0 Å². The lowest BCUT2D eigenvalue weighted by atomic mass is 9.77. The van der Waals surface area contributed by atoms with Crippen LogP contribution in [0.2, 0.25) is 0 Å². The molecule has 26 heavy (non-hydrogen) atoms. The average Bonchev–Trinajstić information content (AvgIpc) is 3.43. The van der Waals surface area contributed by atoms with Gasteiger partial charge in [0, 0.05) is 0 Å². The third-order valence-corrected chi connectivity index (χ3v) is 5.43. The van der Waals surface area contributed by atoms with Crippen molar-refractivity contribution in [3.8, 4) is 0 Å². The van der Waals surface area contributed by atoms with Gasteiger partial charge in [0.15, 0.2) is 0 Å². The van der Waals surface area contributed by atoms with Crippen molar-refractivity contribution >= 4 is 11.8 Å². The van der Waals surface area contributed by atoms with Crippen LogP contribution in [-0.4, -0.2) is 35.0 Å². The molecular formula is C19H18N2O5. The van der Waals surface area contributed by atoms with E-state index in [0.29, 0.717) is 31.2 Å². The summed E-state index contributed by atoms with van der Waals surface area (Å²) in [4.78, 5) is 27.5. The third-order valence-electron chi connectivity index (χ3n) is 5.43. The first kappa shape index (κ1) is 15.5. The first-order valence-electron chi connectivity index (χ1n) is 8.65. The minimum Gasteiger partial charge on any atom is -0.467 e. The summed E-state index contributed by atoms with van der Waals surface area (Å²) in [6, 6.07) is 7.19. The topological polar surface area (TPSA) is 84.9 Å². The fraction of sp³-hybridized carbons (Fsp3) is 0.368. The predicted molar refractivity (Wildman–Crippen MR) is 88.4 cm³/mol. The molecule has 3 unspecified atom stereocenters. The Labute approximate surface area is 149 Å². The summed E-state index contributed by atoms with van der Waals surface area (Å²) in [6.07, 6.45) is 6.64. The highest BCUT2D eigenvalue weighted by atomic mass is 16.5. The summed E-state index contributed by atoms with van der Waals surface area (Å²) in [5.41, 5.74) is -0.707. The van der Waals surface area contributed by atoms with E-state index in [-0.39, 0.29) is 17.9 Å². The highest BCUT2D eigenvalue weighted by Crippen LogP contribution is 2.52. The summed E-state index contributed by atoms with van der Waals surface area (Å²) < 4.78 is 16.7. The van der Waals surface area contributed by atoms with Crippen molar-refractivity contribution in [2.24, 2.45) is 11.8 Å². The van der Waals surface area contributed by atoms with Crippen LogP contribution in [0.3, 0.4) is 0 Å². The number of carbonyl (C=O) groups excluding carboxylic acids is 2. The number of hydrogen-bond donors (Lipinski definition) is 1. The molecular weight excluding hydrogens is 336 g/mol. The minimum absolute atomic E-state index is 0.0635. The van der Waals surface area contributed by atoms with Crippen molar-refractivity contribution in [3.63, 3.8) is 0 Å². The number of amides is 2. The van der Waals surface area contributed by atoms with E-state index in [1.807, 2.05) is 18.2 Å². The maximum Gasteiger partial charge on any atom is 0.230 e. The van der Waals surface area contributed by atoms with Gasteiger partial charge in [0.2, 0.25) is 11.8 Å². The van der Waals surface area contributed by atoms with E-state index in [1.165, 1.54) is 0 Å². The van der Waals surface area contributed by atoms with Gasteiger partial charge in [-0.25, -0.2) is 0 Å². The van der Waals surface area contributed by atoms with Gasteiger partial charge < -0.3 is 23.8 Å². The summed E-state index contributed by atoms with van der Waals surface area (Å²) in [7, 11) is 0. The molecule has 0 aromatic carbocycles. The quantitative estimate of drug-likeness (QED) is 0.822. The summed E-state index contributed by atoms with van der Waals surface area (Å²) in [5.74, 6) is 0.118. The van der Waals surface area contributed by atoms with Crippen LogP contribution >= 0.6 is 0 Å². The van der Waals surface area contributed by atoms with E-state index < -0.39 is 17.4 Å². The van der Waals surface area contributed by atoms with Crippen molar-refractivity contribution < 1.29 is 23.2 Å². The Morgan fingerprint density at radius 3 is 2.73 bits per heavy atom. The Hall–Kier alpha value is -2.80. The number of furan rings is 2. The molecule has 2 saturated heterocycles. The van der Waals surface area contributed by atoms with Crippen molar-refractivity contribution in [1.82, 2.24) is 10.2 Å². The largest absolute Gasteiger partial charge is 0.467 e. The zero-order chi connectivity index (χ0) is 17.7. The van der Waals surface area contributed by atoms with Crippen molar-refractivity contribution in [3.05, 3.63) is 60.5 Å². The Balaban J connectivity index is 1.35. The van der Waals surface area contributed by atoms with Crippen LogP contribution in [0.1, 0.15) is 11.5 Å². The number of rotatable bonds is 5. The molecule has 1 spiro atoms. The van der Waals surface area contributed by atoms with E-state index in [4.69, 9.17) is 13.6 Å². The molecule has 4 atom stereocenters. The number of ether oxygens (including phenoxy) is 1. The monoisotopic (exact) mass is 354 g/mol. The standard InChI is InChI=1S/C19H18N2O5/c22-17(20-9-12-3-1-7-24-12)15-14-5-6-19(26-14)11-21(18(23)16(15)19)10-13-4-2-8-25-13/h1-8,14-16H,9-11H2,(H,20,22)/t14?,15?,16?,19-/m1/s1. The molecule has 1 N–H and O–H groups in total. The molecule has 5 rings (SSSR count). The Morgan fingerprint density at radius 1 is 1.23 bits per heavy atom. The van der Waals surface area contributed by atoms with Crippen LogP contribution in [0.5, 0.6) is 0 Å². The normalized spacial score (nSPS) is 31.6. The van der Waals surface area contributed by atoms with Gasteiger partial charge in [-0.1, -0.05) is 12.2 Å². The fourth-order valence-corrected chi connectivity index (χ4v) is 4.31. The number of nitrogens with zero attached hydrogens (tertiary/aromatic N) is 1. The molecule has 0 aliphatic carbocycles. The minimum atomic E-state index is -0.707. The number of carbonyl (C=O) groups is 2. The van der Waals surface area contributed by atoms with Crippen LogP contribution in [0.15, 0.2) is 57.8 Å². The fourth-order valence-electron chi connectivity index (χ4n) is 4.31. The van der Waals surface area contributed by atoms with Crippen LogP contribution in [0.4, 0.5) is 0 Å².